The van der Waals surface area contributed by atoms with Crippen molar-refractivity contribution in [2.45, 2.75) is 39.2 Å². The van der Waals surface area contributed by atoms with Crippen molar-refractivity contribution >= 4 is 40.2 Å². The molecule has 0 spiro atoms. The predicted octanol–water partition coefficient (Wildman–Crippen LogP) is 3.79. The number of nitrogens with zero attached hydrogens (tertiary/aromatic N) is 6. The summed E-state index contributed by atoms with van der Waals surface area (Å²) >= 11 is 5.99. The Morgan fingerprint density at radius 1 is 0.929 bits per heavy atom. The summed E-state index contributed by atoms with van der Waals surface area (Å²) in [5, 5.41) is 0.291. The van der Waals surface area contributed by atoms with Gasteiger partial charge in [0.2, 0.25) is 5.28 Å². The average molecular weight is 587 g/mol. The fraction of sp³-hybridized carbons (Fsp3) is 0.323. The van der Waals surface area contributed by atoms with Crippen LogP contribution >= 0.6 is 11.6 Å². The highest BCUT2D eigenvalue weighted by Crippen LogP contribution is 2.22. The van der Waals surface area contributed by atoms with Gasteiger partial charge in [0.15, 0.2) is 5.65 Å². The third kappa shape index (κ3) is 6.45. The van der Waals surface area contributed by atoms with E-state index in [1.165, 1.54) is 6.20 Å². The second kappa shape index (κ2) is 13.1. The van der Waals surface area contributed by atoms with E-state index in [0.29, 0.717) is 43.0 Å². The summed E-state index contributed by atoms with van der Waals surface area (Å²) in [6.07, 6.45) is 3.69. The molecule has 5 rings (SSSR count). The van der Waals surface area contributed by atoms with Crippen LogP contribution in [0.5, 0.6) is 0 Å². The summed E-state index contributed by atoms with van der Waals surface area (Å²) in [6.45, 7) is 3.76. The maximum Gasteiger partial charge on any atom is 0.264 e. The molecule has 4 aromatic rings. The van der Waals surface area contributed by atoms with Crippen molar-refractivity contribution in [1.29, 1.82) is 0 Å². The van der Waals surface area contributed by atoms with Crippen LogP contribution in [0.1, 0.15) is 58.3 Å². The summed E-state index contributed by atoms with van der Waals surface area (Å²) in [7, 11) is 0. The first-order chi connectivity index (χ1) is 20.4. The van der Waals surface area contributed by atoms with Crippen LogP contribution in [0.3, 0.4) is 0 Å². The molecule has 0 atom stereocenters. The molecule has 10 nitrogen and oxygen atoms in total. The second-order valence-corrected chi connectivity index (χ2v) is 10.6. The van der Waals surface area contributed by atoms with Crippen LogP contribution < -0.4 is 5.56 Å². The molecule has 0 saturated heterocycles. The summed E-state index contributed by atoms with van der Waals surface area (Å²) < 4.78 is 1.62. The number of Topliss-reactive ketones (excluding diaryl/α,β-unsaturated/α-hetero) is 1. The molecule has 2 amide bonds. The van der Waals surface area contributed by atoms with Gasteiger partial charge in [-0.1, -0.05) is 55.8 Å². The topological polar surface area (TPSA) is 118 Å². The number of hydrogen-bond acceptors (Lipinski definition) is 8. The molecule has 0 N–H and O–H groups in total. The normalized spacial score (nSPS) is 12.9. The number of halogens is 1. The Kier molecular flexibility index (Phi) is 9.14. The SMILES string of the molecule is CCCCN(CCc1nc2nc(Cl)ncc2c(=O)n1Cc1ccccc1)CC(=O)CCN1C(=O)c2ccccc2C1=O. The van der Waals surface area contributed by atoms with Crippen LogP contribution in [0, 0.1) is 0 Å². The first kappa shape index (κ1) is 29.2. The van der Waals surface area contributed by atoms with Crippen molar-refractivity contribution in [3.63, 3.8) is 0 Å². The van der Waals surface area contributed by atoms with Crippen molar-refractivity contribution in [2.75, 3.05) is 26.2 Å². The Balaban J connectivity index is 1.30. The van der Waals surface area contributed by atoms with E-state index in [9.17, 15) is 19.2 Å². The zero-order chi connectivity index (χ0) is 29.6. The molecule has 2 aromatic heterocycles. The van der Waals surface area contributed by atoms with Crippen molar-refractivity contribution in [2.24, 2.45) is 0 Å². The first-order valence-corrected chi connectivity index (χ1v) is 14.4. The van der Waals surface area contributed by atoms with Crippen LogP contribution in [-0.4, -0.2) is 73.1 Å². The van der Waals surface area contributed by atoms with Crippen LogP contribution in [-0.2, 0) is 17.8 Å². The minimum atomic E-state index is -0.367. The number of ketones is 1. The van der Waals surface area contributed by atoms with Gasteiger partial charge in [-0.15, -0.1) is 0 Å². The zero-order valence-electron chi connectivity index (χ0n) is 23.3. The molecule has 0 saturated carbocycles. The Labute approximate surface area is 248 Å². The van der Waals surface area contributed by atoms with E-state index in [1.54, 1.807) is 28.8 Å². The largest absolute Gasteiger partial charge is 0.298 e. The zero-order valence-corrected chi connectivity index (χ0v) is 24.1. The van der Waals surface area contributed by atoms with E-state index < -0.39 is 0 Å². The van der Waals surface area contributed by atoms with Gasteiger partial charge in [0, 0.05) is 32.1 Å². The van der Waals surface area contributed by atoms with Crippen molar-refractivity contribution in [3.8, 4) is 0 Å². The highest BCUT2D eigenvalue weighted by atomic mass is 35.5. The highest BCUT2D eigenvalue weighted by Gasteiger charge is 2.35. The van der Waals surface area contributed by atoms with Gasteiger partial charge in [-0.2, -0.15) is 4.98 Å². The van der Waals surface area contributed by atoms with E-state index in [2.05, 4.69) is 21.9 Å². The Bertz CT molecular complexity index is 1660. The van der Waals surface area contributed by atoms with Crippen molar-refractivity contribution in [1.82, 2.24) is 29.3 Å². The smallest absolute Gasteiger partial charge is 0.264 e. The molecule has 0 aliphatic carbocycles. The number of fused-ring (bicyclic) bond motifs is 2. The summed E-state index contributed by atoms with van der Waals surface area (Å²) in [5.41, 5.74) is 1.66. The maximum absolute atomic E-state index is 13.5. The van der Waals surface area contributed by atoms with Crippen LogP contribution in [0.15, 0.2) is 65.6 Å². The first-order valence-electron chi connectivity index (χ1n) is 14.0. The Morgan fingerprint density at radius 3 is 2.31 bits per heavy atom. The van der Waals surface area contributed by atoms with Gasteiger partial charge < -0.3 is 0 Å². The summed E-state index contributed by atoms with van der Waals surface area (Å²) in [4.78, 5) is 67.9. The molecule has 3 heterocycles. The molecule has 1 aliphatic rings. The highest BCUT2D eigenvalue weighted by molar-refractivity contribution is 6.28. The van der Waals surface area contributed by atoms with Crippen LogP contribution in [0.2, 0.25) is 5.28 Å². The lowest BCUT2D eigenvalue weighted by Crippen LogP contribution is -2.37. The van der Waals surface area contributed by atoms with Crippen LogP contribution in [0.4, 0.5) is 0 Å². The van der Waals surface area contributed by atoms with Gasteiger partial charge in [0.25, 0.3) is 17.4 Å². The van der Waals surface area contributed by atoms with E-state index in [-0.39, 0.29) is 59.0 Å². The molecule has 11 heteroatoms. The number of unbranched alkanes of at least 4 members (excludes halogenated alkanes) is 1. The van der Waals surface area contributed by atoms with Gasteiger partial charge >= 0.3 is 0 Å². The number of rotatable bonds is 13. The number of carbonyl (C=O) groups excluding carboxylic acids is 3. The number of benzene rings is 2. The molecule has 0 bridgehead atoms. The minimum absolute atomic E-state index is 0.00869. The fourth-order valence-corrected chi connectivity index (χ4v) is 5.20. The molecule has 216 valence electrons. The quantitative estimate of drug-likeness (QED) is 0.171. The fourth-order valence-electron chi connectivity index (χ4n) is 5.07. The lowest BCUT2D eigenvalue weighted by molar-refractivity contribution is -0.120. The molecule has 0 radical (unpaired) electrons. The molecule has 42 heavy (non-hydrogen) atoms. The Morgan fingerprint density at radius 2 is 1.62 bits per heavy atom. The van der Waals surface area contributed by atoms with Crippen LogP contribution in [0.25, 0.3) is 11.0 Å². The third-order valence-corrected chi connectivity index (χ3v) is 7.50. The maximum atomic E-state index is 13.5. The van der Waals surface area contributed by atoms with E-state index in [4.69, 9.17) is 11.6 Å². The van der Waals surface area contributed by atoms with Gasteiger partial charge in [-0.3, -0.25) is 33.5 Å². The standard InChI is InChI=1S/C31H31ClN6O4/c1-2-3-15-36(20-22(39)13-17-37-28(40)23-11-7-8-12-24(23)29(37)41)16-14-26-34-27-25(18-33-31(32)35-27)30(42)38(26)19-21-9-5-4-6-10-21/h4-12,18H,2-3,13-17,19-20H2,1H3. The lowest BCUT2D eigenvalue weighted by atomic mass is 10.1. The number of imide groups is 1. The summed E-state index contributed by atoms with van der Waals surface area (Å²) in [6, 6.07) is 16.3. The number of hydrogen-bond donors (Lipinski definition) is 0. The molecule has 0 fully saturated rings. The van der Waals surface area contributed by atoms with E-state index >= 15 is 0 Å². The molecular formula is C31H31ClN6O4. The Hall–Kier alpha value is -4.28. The van der Waals surface area contributed by atoms with Crippen molar-refractivity contribution < 1.29 is 14.4 Å². The molecule has 0 unspecified atom stereocenters. The monoisotopic (exact) mass is 586 g/mol. The third-order valence-electron chi connectivity index (χ3n) is 7.32. The van der Waals surface area contributed by atoms with E-state index in [0.717, 1.165) is 23.3 Å². The average Bonchev–Trinajstić information content (AvgIpc) is 3.24. The van der Waals surface area contributed by atoms with Gasteiger partial charge in [-0.25, -0.2) is 9.97 Å². The number of amides is 2. The van der Waals surface area contributed by atoms with E-state index in [1.807, 2.05) is 35.2 Å². The molecule has 1 aliphatic heterocycles. The molecule has 2 aromatic carbocycles. The van der Waals surface area contributed by atoms with Crippen molar-refractivity contribution in [3.05, 3.63) is 98.9 Å². The minimum Gasteiger partial charge on any atom is -0.298 e. The predicted molar refractivity (Wildman–Crippen MR) is 159 cm³/mol. The number of aromatic nitrogens is 4. The van der Waals surface area contributed by atoms with Gasteiger partial charge in [-0.05, 0) is 42.3 Å². The molecular weight excluding hydrogens is 556 g/mol. The second-order valence-electron chi connectivity index (χ2n) is 10.3. The van der Waals surface area contributed by atoms with Gasteiger partial charge in [0.05, 0.1) is 24.2 Å². The lowest BCUT2D eigenvalue weighted by Gasteiger charge is -2.23. The van der Waals surface area contributed by atoms with Gasteiger partial charge in [0.1, 0.15) is 17.0 Å². The summed E-state index contributed by atoms with van der Waals surface area (Å²) in [5.74, 6) is -0.274. The number of carbonyl (C=O) groups is 3.